The zero-order valence-electron chi connectivity index (χ0n) is 11.3. The van der Waals surface area contributed by atoms with Crippen molar-refractivity contribution in [3.8, 4) is 11.3 Å². The number of hydrogen-bond acceptors (Lipinski definition) is 4. The molecule has 1 aromatic carbocycles. The maximum absolute atomic E-state index is 13.8. The van der Waals surface area contributed by atoms with E-state index >= 15 is 0 Å². The first-order valence-electron chi connectivity index (χ1n) is 6.83. The van der Waals surface area contributed by atoms with Crippen LogP contribution in [0.25, 0.3) is 11.3 Å². The Bertz CT molecular complexity index is 659. The van der Waals surface area contributed by atoms with E-state index in [1.165, 1.54) is 17.4 Å². The number of rotatable bonds is 3. The molecular formula is C15H15FN2O2S. The maximum Gasteiger partial charge on any atom is 0.308 e. The van der Waals surface area contributed by atoms with Gasteiger partial charge in [0.2, 0.25) is 0 Å². The summed E-state index contributed by atoms with van der Waals surface area (Å²) in [5.74, 6) is -1.40. The van der Waals surface area contributed by atoms with Crippen LogP contribution in [0.2, 0.25) is 0 Å². The standard InChI is InChI=1S/C15H15FN2O2S/c16-12-6-2-1-5-11(12)13-9-21-15(17-13)18-7-3-4-10(8-18)14(19)20/h1-2,5-6,9-10H,3-4,7-8H2,(H,19,20). The lowest BCUT2D eigenvalue weighted by molar-refractivity contribution is -0.141. The van der Waals surface area contributed by atoms with Gasteiger partial charge in [-0.1, -0.05) is 12.1 Å². The smallest absolute Gasteiger partial charge is 0.308 e. The Balaban J connectivity index is 1.82. The van der Waals surface area contributed by atoms with Gasteiger partial charge in [-0.2, -0.15) is 0 Å². The highest BCUT2D eigenvalue weighted by molar-refractivity contribution is 7.14. The Morgan fingerprint density at radius 3 is 3.00 bits per heavy atom. The molecule has 6 heteroatoms. The van der Waals surface area contributed by atoms with Crippen LogP contribution < -0.4 is 4.90 Å². The van der Waals surface area contributed by atoms with Gasteiger partial charge in [0.05, 0.1) is 11.6 Å². The highest BCUT2D eigenvalue weighted by atomic mass is 32.1. The summed E-state index contributed by atoms with van der Waals surface area (Å²) in [5.41, 5.74) is 1.08. The van der Waals surface area contributed by atoms with Gasteiger partial charge < -0.3 is 10.0 Å². The van der Waals surface area contributed by atoms with Crippen molar-refractivity contribution in [2.75, 3.05) is 18.0 Å². The lowest BCUT2D eigenvalue weighted by atomic mass is 9.99. The van der Waals surface area contributed by atoms with Crippen LogP contribution >= 0.6 is 11.3 Å². The number of aromatic nitrogens is 1. The van der Waals surface area contributed by atoms with E-state index in [2.05, 4.69) is 4.98 Å². The average molecular weight is 306 g/mol. The second-order valence-corrected chi connectivity index (χ2v) is 5.96. The van der Waals surface area contributed by atoms with Gasteiger partial charge in [-0.3, -0.25) is 4.79 Å². The largest absolute Gasteiger partial charge is 0.481 e. The van der Waals surface area contributed by atoms with E-state index in [4.69, 9.17) is 5.11 Å². The van der Waals surface area contributed by atoms with Crippen molar-refractivity contribution < 1.29 is 14.3 Å². The normalized spacial score (nSPS) is 18.7. The lowest BCUT2D eigenvalue weighted by Crippen LogP contribution is -2.38. The number of thiazole rings is 1. The summed E-state index contributed by atoms with van der Waals surface area (Å²) >= 11 is 1.43. The van der Waals surface area contributed by atoms with Crippen LogP contribution in [-0.2, 0) is 4.79 Å². The summed E-state index contributed by atoms with van der Waals surface area (Å²) < 4.78 is 13.8. The summed E-state index contributed by atoms with van der Waals surface area (Å²) in [4.78, 5) is 17.6. The number of carbonyl (C=O) groups is 1. The number of carboxylic acids is 1. The van der Waals surface area contributed by atoms with Gasteiger partial charge in [0.25, 0.3) is 0 Å². The molecule has 2 aromatic rings. The number of hydrogen-bond donors (Lipinski definition) is 1. The van der Waals surface area contributed by atoms with Crippen LogP contribution in [0, 0.1) is 11.7 Å². The maximum atomic E-state index is 13.8. The highest BCUT2D eigenvalue weighted by Gasteiger charge is 2.27. The number of halogens is 1. The molecule has 1 aliphatic heterocycles. The second kappa shape index (κ2) is 5.81. The van der Waals surface area contributed by atoms with E-state index in [1.54, 1.807) is 18.2 Å². The molecule has 0 radical (unpaired) electrons. The minimum atomic E-state index is -0.759. The monoisotopic (exact) mass is 306 g/mol. The Morgan fingerprint density at radius 2 is 2.24 bits per heavy atom. The van der Waals surface area contributed by atoms with Gasteiger partial charge in [0, 0.05) is 24.0 Å². The Hall–Kier alpha value is -1.95. The summed E-state index contributed by atoms with van der Waals surface area (Å²) in [6.45, 7) is 1.27. The molecule has 1 N–H and O–H groups in total. The van der Waals surface area contributed by atoms with E-state index in [0.717, 1.165) is 18.1 Å². The molecule has 0 bridgehead atoms. The lowest BCUT2D eigenvalue weighted by Gasteiger charge is -2.30. The number of aliphatic carboxylic acids is 1. The molecular weight excluding hydrogens is 291 g/mol. The average Bonchev–Trinajstić information content (AvgIpc) is 2.97. The highest BCUT2D eigenvalue weighted by Crippen LogP contribution is 2.31. The summed E-state index contributed by atoms with van der Waals surface area (Å²) in [5, 5.41) is 11.7. The molecule has 1 aromatic heterocycles. The fourth-order valence-corrected chi connectivity index (χ4v) is 3.42. The number of piperidine rings is 1. The Kier molecular flexibility index (Phi) is 3.88. The molecule has 0 spiro atoms. The fraction of sp³-hybridized carbons (Fsp3) is 0.333. The molecule has 1 unspecified atom stereocenters. The SMILES string of the molecule is O=C(O)C1CCCN(c2nc(-c3ccccc3F)cs2)C1. The van der Waals surface area contributed by atoms with Crippen molar-refractivity contribution in [2.24, 2.45) is 5.92 Å². The van der Waals surface area contributed by atoms with E-state index in [-0.39, 0.29) is 11.7 Å². The van der Waals surface area contributed by atoms with Crippen molar-refractivity contribution in [2.45, 2.75) is 12.8 Å². The van der Waals surface area contributed by atoms with Crippen molar-refractivity contribution in [1.82, 2.24) is 4.98 Å². The molecule has 1 saturated heterocycles. The molecule has 4 nitrogen and oxygen atoms in total. The molecule has 21 heavy (non-hydrogen) atoms. The molecule has 0 amide bonds. The van der Waals surface area contributed by atoms with Crippen LogP contribution in [0.5, 0.6) is 0 Å². The van der Waals surface area contributed by atoms with Crippen LogP contribution in [0.3, 0.4) is 0 Å². The summed E-state index contributed by atoms with van der Waals surface area (Å²) in [7, 11) is 0. The zero-order chi connectivity index (χ0) is 14.8. The first kappa shape index (κ1) is 14.0. The first-order valence-corrected chi connectivity index (χ1v) is 7.71. The zero-order valence-corrected chi connectivity index (χ0v) is 12.1. The molecule has 1 atom stereocenters. The second-order valence-electron chi connectivity index (χ2n) is 5.12. The van der Waals surface area contributed by atoms with Crippen molar-refractivity contribution >= 4 is 22.4 Å². The Labute approximate surface area is 125 Å². The van der Waals surface area contributed by atoms with E-state index in [0.29, 0.717) is 24.2 Å². The molecule has 0 saturated carbocycles. The third-order valence-electron chi connectivity index (χ3n) is 3.68. The van der Waals surface area contributed by atoms with E-state index in [9.17, 15) is 9.18 Å². The van der Waals surface area contributed by atoms with E-state index in [1.807, 2.05) is 10.3 Å². The number of benzene rings is 1. The Morgan fingerprint density at radius 1 is 1.43 bits per heavy atom. The van der Waals surface area contributed by atoms with Crippen molar-refractivity contribution in [3.63, 3.8) is 0 Å². The predicted molar refractivity (Wildman–Crippen MR) is 80.1 cm³/mol. The van der Waals surface area contributed by atoms with Gasteiger partial charge in [0.15, 0.2) is 5.13 Å². The number of nitrogens with zero attached hydrogens (tertiary/aromatic N) is 2. The van der Waals surface area contributed by atoms with Crippen molar-refractivity contribution in [3.05, 3.63) is 35.5 Å². The number of carboxylic acid groups (broad SMARTS) is 1. The van der Waals surface area contributed by atoms with Gasteiger partial charge in [-0.15, -0.1) is 11.3 Å². The minimum absolute atomic E-state index is 0.295. The topological polar surface area (TPSA) is 53.4 Å². The quantitative estimate of drug-likeness (QED) is 0.946. The first-order chi connectivity index (χ1) is 10.1. The molecule has 3 rings (SSSR count). The van der Waals surface area contributed by atoms with Crippen LogP contribution in [0.1, 0.15) is 12.8 Å². The minimum Gasteiger partial charge on any atom is -0.481 e. The van der Waals surface area contributed by atoms with Gasteiger partial charge >= 0.3 is 5.97 Å². The molecule has 2 heterocycles. The number of anilines is 1. The van der Waals surface area contributed by atoms with Gasteiger partial charge in [0.1, 0.15) is 5.82 Å². The van der Waals surface area contributed by atoms with Gasteiger partial charge in [-0.25, -0.2) is 9.37 Å². The van der Waals surface area contributed by atoms with Gasteiger partial charge in [-0.05, 0) is 25.0 Å². The summed E-state index contributed by atoms with van der Waals surface area (Å²) in [6.07, 6.45) is 1.54. The summed E-state index contributed by atoms with van der Waals surface area (Å²) in [6, 6.07) is 6.53. The van der Waals surface area contributed by atoms with E-state index < -0.39 is 5.97 Å². The van der Waals surface area contributed by atoms with Crippen LogP contribution in [0.4, 0.5) is 9.52 Å². The molecule has 0 aliphatic carbocycles. The third-order valence-corrected chi connectivity index (χ3v) is 4.58. The van der Waals surface area contributed by atoms with Crippen molar-refractivity contribution in [1.29, 1.82) is 0 Å². The predicted octanol–water partition coefficient (Wildman–Crippen LogP) is 3.25. The molecule has 110 valence electrons. The third kappa shape index (κ3) is 2.90. The molecule has 1 aliphatic rings. The fourth-order valence-electron chi connectivity index (χ4n) is 2.55. The van der Waals surface area contributed by atoms with Crippen LogP contribution in [0.15, 0.2) is 29.6 Å². The van der Waals surface area contributed by atoms with Crippen LogP contribution in [-0.4, -0.2) is 29.1 Å². The molecule has 1 fully saturated rings.